The predicted molar refractivity (Wildman–Crippen MR) is 70.1 cm³/mol. The summed E-state index contributed by atoms with van der Waals surface area (Å²) in [5.41, 5.74) is 0. The third kappa shape index (κ3) is 3.29. The molecule has 2 atom stereocenters. The maximum absolute atomic E-state index is 12.2. The number of piperidine rings is 1. The van der Waals surface area contributed by atoms with E-state index < -0.39 is 0 Å². The van der Waals surface area contributed by atoms with Crippen LogP contribution in [0.5, 0.6) is 0 Å². The lowest BCUT2D eigenvalue weighted by molar-refractivity contribution is -0.124. The number of hydrogen-bond donors (Lipinski definition) is 1. The lowest BCUT2D eigenvalue weighted by Crippen LogP contribution is -2.41. The number of Topliss-reactive ketones (excluding diaryl/α,β-unsaturated/α-hetero) is 1. The van der Waals surface area contributed by atoms with Crippen LogP contribution in [0, 0.1) is 5.92 Å². The molecule has 3 heteroatoms. The Bertz CT molecular complexity index is 251. The van der Waals surface area contributed by atoms with Crippen molar-refractivity contribution in [3.63, 3.8) is 0 Å². The molecule has 98 valence electrons. The molecule has 0 aromatic rings. The van der Waals surface area contributed by atoms with Crippen molar-refractivity contribution in [3.05, 3.63) is 0 Å². The summed E-state index contributed by atoms with van der Waals surface area (Å²) in [4.78, 5) is 14.5. The molecule has 2 heterocycles. The minimum absolute atomic E-state index is 0.351. The van der Waals surface area contributed by atoms with Gasteiger partial charge in [-0.25, -0.2) is 0 Å². The molecule has 17 heavy (non-hydrogen) atoms. The second-order valence-electron chi connectivity index (χ2n) is 5.55. The van der Waals surface area contributed by atoms with Gasteiger partial charge < -0.3 is 10.2 Å². The number of ketones is 1. The second kappa shape index (κ2) is 5.96. The van der Waals surface area contributed by atoms with Crippen molar-refractivity contribution in [1.29, 1.82) is 0 Å². The molecular weight excluding hydrogens is 212 g/mol. The number of nitrogens with one attached hydrogen (secondary N) is 1. The van der Waals surface area contributed by atoms with Crippen molar-refractivity contribution in [2.45, 2.75) is 58.0 Å². The highest BCUT2D eigenvalue weighted by Crippen LogP contribution is 2.31. The predicted octanol–water partition coefficient (Wildman–Crippen LogP) is 1.82. The van der Waals surface area contributed by atoms with Crippen molar-refractivity contribution in [1.82, 2.24) is 10.2 Å². The van der Waals surface area contributed by atoms with E-state index in [-0.39, 0.29) is 0 Å². The van der Waals surface area contributed by atoms with Gasteiger partial charge in [0, 0.05) is 31.0 Å². The highest BCUT2D eigenvalue weighted by molar-refractivity contribution is 5.81. The molecule has 2 saturated heterocycles. The number of fused-ring (bicyclic) bond motifs is 2. The van der Waals surface area contributed by atoms with Gasteiger partial charge in [0.25, 0.3) is 0 Å². The third-order valence-corrected chi connectivity index (χ3v) is 4.50. The van der Waals surface area contributed by atoms with E-state index in [0.717, 1.165) is 38.9 Å². The first-order valence-electron chi connectivity index (χ1n) is 7.24. The first-order valence-corrected chi connectivity index (χ1v) is 7.24. The molecule has 0 spiro atoms. The van der Waals surface area contributed by atoms with Crippen molar-refractivity contribution in [2.75, 3.05) is 19.6 Å². The third-order valence-electron chi connectivity index (χ3n) is 4.50. The quantitative estimate of drug-likeness (QED) is 0.766. The normalized spacial score (nSPS) is 32.1. The van der Waals surface area contributed by atoms with E-state index in [9.17, 15) is 4.79 Å². The minimum atomic E-state index is 0.351. The van der Waals surface area contributed by atoms with E-state index in [0.29, 0.717) is 23.8 Å². The fourth-order valence-corrected chi connectivity index (χ4v) is 3.33. The van der Waals surface area contributed by atoms with Gasteiger partial charge in [-0.15, -0.1) is 0 Å². The van der Waals surface area contributed by atoms with Crippen LogP contribution in [0.15, 0.2) is 0 Å². The van der Waals surface area contributed by atoms with Gasteiger partial charge in [0.2, 0.25) is 0 Å². The summed E-state index contributed by atoms with van der Waals surface area (Å²) in [6.45, 7) is 7.39. The van der Waals surface area contributed by atoms with E-state index in [1.165, 1.54) is 12.8 Å². The lowest BCUT2D eigenvalue weighted by atomic mass is 9.87. The number of carbonyl (C=O) groups excluding carboxylic acids is 1. The van der Waals surface area contributed by atoms with E-state index in [1.54, 1.807) is 0 Å². The van der Waals surface area contributed by atoms with Crippen LogP contribution in [0.3, 0.4) is 0 Å². The summed E-state index contributed by atoms with van der Waals surface area (Å²) in [6, 6.07) is 1.27. The fraction of sp³-hybridized carbons (Fsp3) is 0.929. The van der Waals surface area contributed by atoms with Crippen molar-refractivity contribution >= 4 is 5.78 Å². The van der Waals surface area contributed by atoms with Gasteiger partial charge in [0.05, 0.1) is 0 Å². The summed E-state index contributed by atoms with van der Waals surface area (Å²) in [6.07, 6.45) is 5.50. The van der Waals surface area contributed by atoms with E-state index in [2.05, 4.69) is 24.1 Å². The van der Waals surface area contributed by atoms with Crippen LogP contribution >= 0.6 is 0 Å². The number of nitrogens with zero attached hydrogens (tertiary/aromatic N) is 1. The van der Waals surface area contributed by atoms with Gasteiger partial charge in [-0.05, 0) is 38.8 Å². The molecule has 0 aromatic heterocycles. The number of carbonyl (C=O) groups is 1. The number of rotatable bonds is 6. The molecule has 3 nitrogen and oxygen atoms in total. The maximum Gasteiger partial charge on any atom is 0.137 e. The zero-order valence-corrected chi connectivity index (χ0v) is 11.2. The summed E-state index contributed by atoms with van der Waals surface area (Å²) in [7, 11) is 0. The van der Waals surface area contributed by atoms with Gasteiger partial charge in [-0.1, -0.05) is 13.8 Å². The Hall–Kier alpha value is -0.410. The Morgan fingerprint density at radius 2 is 1.76 bits per heavy atom. The van der Waals surface area contributed by atoms with E-state index in [1.807, 2.05) is 0 Å². The standard InChI is InChI=1S/C14H26N2O/c1-3-16(4-2)8-7-14(17)11-9-12-5-6-13(10-11)15-12/h11-13,15H,3-10H2,1-2H3. The zero-order valence-electron chi connectivity index (χ0n) is 11.2. The van der Waals surface area contributed by atoms with Crippen molar-refractivity contribution in [3.8, 4) is 0 Å². The minimum Gasteiger partial charge on any atom is -0.311 e. The smallest absolute Gasteiger partial charge is 0.137 e. The topological polar surface area (TPSA) is 32.3 Å². The van der Waals surface area contributed by atoms with E-state index >= 15 is 0 Å². The molecule has 0 aromatic carbocycles. The van der Waals surface area contributed by atoms with Crippen LogP contribution < -0.4 is 5.32 Å². The van der Waals surface area contributed by atoms with Crippen LogP contribution in [0.2, 0.25) is 0 Å². The molecule has 2 rings (SSSR count). The van der Waals surface area contributed by atoms with Gasteiger partial charge in [0.1, 0.15) is 5.78 Å². The first kappa shape index (κ1) is 13.0. The summed E-state index contributed by atoms with van der Waals surface area (Å²) in [5, 5.41) is 3.60. The molecule has 0 saturated carbocycles. The first-order chi connectivity index (χ1) is 8.22. The summed E-state index contributed by atoms with van der Waals surface area (Å²) >= 11 is 0. The monoisotopic (exact) mass is 238 g/mol. The molecule has 2 aliphatic heterocycles. The molecular formula is C14H26N2O. The van der Waals surface area contributed by atoms with Crippen molar-refractivity contribution in [2.24, 2.45) is 5.92 Å². The van der Waals surface area contributed by atoms with Crippen LogP contribution in [-0.4, -0.2) is 42.4 Å². The molecule has 0 radical (unpaired) electrons. The second-order valence-corrected chi connectivity index (χ2v) is 5.55. The number of hydrogen-bond acceptors (Lipinski definition) is 3. The van der Waals surface area contributed by atoms with E-state index in [4.69, 9.17) is 0 Å². The largest absolute Gasteiger partial charge is 0.311 e. The van der Waals surface area contributed by atoms with Gasteiger partial charge in [0.15, 0.2) is 0 Å². The Morgan fingerprint density at radius 3 is 2.29 bits per heavy atom. The Morgan fingerprint density at radius 1 is 1.18 bits per heavy atom. The molecule has 2 unspecified atom stereocenters. The summed E-state index contributed by atoms with van der Waals surface area (Å²) < 4.78 is 0. The molecule has 2 bridgehead atoms. The molecule has 2 aliphatic rings. The lowest BCUT2D eigenvalue weighted by Gasteiger charge is -2.28. The van der Waals surface area contributed by atoms with Crippen LogP contribution in [-0.2, 0) is 4.79 Å². The molecule has 0 aliphatic carbocycles. The van der Waals surface area contributed by atoms with Crippen LogP contribution in [0.1, 0.15) is 46.0 Å². The highest BCUT2D eigenvalue weighted by atomic mass is 16.1. The average molecular weight is 238 g/mol. The van der Waals surface area contributed by atoms with Gasteiger partial charge >= 0.3 is 0 Å². The summed E-state index contributed by atoms with van der Waals surface area (Å²) in [5.74, 6) is 0.861. The van der Waals surface area contributed by atoms with Crippen molar-refractivity contribution < 1.29 is 4.79 Å². The molecule has 1 N–H and O–H groups in total. The van der Waals surface area contributed by atoms with Gasteiger partial charge in [-0.2, -0.15) is 0 Å². The molecule has 2 fully saturated rings. The van der Waals surface area contributed by atoms with Crippen LogP contribution in [0.25, 0.3) is 0 Å². The Kier molecular flexibility index (Phi) is 4.57. The van der Waals surface area contributed by atoms with Gasteiger partial charge in [-0.3, -0.25) is 4.79 Å². The molecule has 0 amide bonds. The zero-order chi connectivity index (χ0) is 12.3. The maximum atomic E-state index is 12.2. The Balaban J connectivity index is 1.76. The SMILES string of the molecule is CCN(CC)CCC(=O)C1CC2CCC(C1)N2. The highest BCUT2D eigenvalue weighted by Gasteiger charge is 2.36. The Labute approximate surface area is 105 Å². The average Bonchev–Trinajstić information content (AvgIpc) is 2.69. The fourth-order valence-electron chi connectivity index (χ4n) is 3.33. The van der Waals surface area contributed by atoms with Crippen LogP contribution in [0.4, 0.5) is 0 Å².